The van der Waals surface area contributed by atoms with Crippen LogP contribution in [0.4, 0.5) is 0 Å². The van der Waals surface area contributed by atoms with Crippen LogP contribution in [0.1, 0.15) is 12.5 Å². The van der Waals surface area contributed by atoms with Crippen molar-refractivity contribution in [1.29, 1.82) is 0 Å². The predicted octanol–water partition coefficient (Wildman–Crippen LogP) is 3.13. The van der Waals surface area contributed by atoms with Crippen molar-refractivity contribution in [2.24, 2.45) is 5.92 Å². The third-order valence-electron chi connectivity index (χ3n) is 2.55. The molecular weight excluding hydrogens is 285 g/mol. The molecule has 0 aliphatic carbocycles. The molecular formula is C14H12N2Y-2. The molecule has 3 heteroatoms. The molecule has 83 valence electrons. The fourth-order valence-corrected chi connectivity index (χ4v) is 1.77. The van der Waals surface area contributed by atoms with Gasteiger partial charge in [0.25, 0.3) is 0 Å². The van der Waals surface area contributed by atoms with Crippen molar-refractivity contribution in [2.75, 3.05) is 0 Å². The van der Waals surface area contributed by atoms with E-state index in [-0.39, 0.29) is 38.6 Å². The van der Waals surface area contributed by atoms with Gasteiger partial charge >= 0.3 is 0 Å². The van der Waals surface area contributed by atoms with Crippen LogP contribution in [-0.2, 0) is 32.7 Å². The van der Waals surface area contributed by atoms with Crippen molar-refractivity contribution in [3.8, 4) is 0 Å². The second kappa shape index (κ2) is 6.21. The van der Waals surface area contributed by atoms with Gasteiger partial charge in [0.1, 0.15) is 0 Å². The van der Waals surface area contributed by atoms with Gasteiger partial charge in [-0.25, -0.2) is 4.79 Å². The Morgan fingerprint density at radius 1 is 1.35 bits per heavy atom. The number of fused-ring (bicyclic) bond motifs is 1. The molecule has 1 unspecified atom stereocenters. The Balaban J connectivity index is 0.00000144. The second-order valence-corrected chi connectivity index (χ2v) is 3.83. The summed E-state index contributed by atoms with van der Waals surface area (Å²) in [5, 5.41) is 2.14. The van der Waals surface area contributed by atoms with Crippen molar-refractivity contribution in [3.63, 3.8) is 0 Å². The van der Waals surface area contributed by atoms with Crippen LogP contribution in [0, 0.1) is 18.9 Å². The van der Waals surface area contributed by atoms with Gasteiger partial charge in [-0.3, -0.25) is 0 Å². The van der Waals surface area contributed by atoms with Crippen molar-refractivity contribution in [2.45, 2.75) is 6.92 Å². The molecule has 0 N–H and O–H groups in total. The molecule has 2 aromatic carbocycles. The minimum atomic E-state index is -0.0768. The maximum Gasteiger partial charge on any atom is 0.194 e. The molecule has 1 atom stereocenters. The summed E-state index contributed by atoms with van der Waals surface area (Å²) in [7, 11) is 0. The molecule has 0 amide bonds. The zero-order valence-corrected chi connectivity index (χ0v) is 12.6. The van der Waals surface area contributed by atoms with Crippen LogP contribution in [-0.4, -0.2) is 10.5 Å². The van der Waals surface area contributed by atoms with Crippen molar-refractivity contribution < 1.29 is 37.5 Å². The largest absolute Gasteiger partial charge is 0.373 e. The van der Waals surface area contributed by atoms with Gasteiger partial charge in [0.15, 0.2) is 5.71 Å². The van der Waals surface area contributed by atoms with Gasteiger partial charge in [0, 0.05) is 32.7 Å². The van der Waals surface area contributed by atoms with Crippen LogP contribution in [0.25, 0.3) is 16.3 Å². The molecule has 0 aromatic heterocycles. The normalized spacial score (nSPS) is 11.4. The molecule has 0 heterocycles. The quantitative estimate of drug-likeness (QED) is 0.353. The van der Waals surface area contributed by atoms with E-state index in [0.717, 1.165) is 16.3 Å². The average Bonchev–Trinajstić information content (AvgIpc) is 2.30. The Kier molecular flexibility index (Phi) is 5.20. The summed E-state index contributed by atoms with van der Waals surface area (Å²) in [6, 6.07) is 14.9. The Morgan fingerprint density at radius 2 is 2.06 bits per heavy atom. The van der Waals surface area contributed by atoms with E-state index in [9.17, 15) is 0 Å². The Labute approximate surface area is 127 Å². The fourth-order valence-electron chi connectivity index (χ4n) is 1.77. The van der Waals surface area contributed by atoms with E-state index in [1.807, 2.05) is 43.3 Å². The molecule has 2 aromatic rings. The smallest absolute Gasteiger partial charge is 0.194 e. The van der Waals surface area contributed by atoms with E-state index < -0.39 is 0 Å². The SMILES string of the molecule is [CH2-]C(C)C(=[N+]=[N-])c1[c-]ccc2ccccc12.[Y]. The summed E-state index contributed by atoms with van der Waals surface area (Å²) >= 11 is 0. The monoisotopic (exact) mass is 297 g/mol. The molecule has 2 nitrogen and oxygen atoms in total. The molecule has 0 fully saturated rings. The van der Waals surface area contributed by atoms with Crippen molar-refractivity contribution >= 4 is 16.5 Å². The third kappa shape index (κ3) is 2.90. The van der Waals surface area contributed by atoms with E-state index in [1.165, 1.54) is 0 Å². The molecule has 0 saturated heterocycles. The first-order valence-corrected chi connectivity index (χ1v) is 5.19. The second-order valence-electron chi connectivity index (χ2n) is 3.83. The zero-order valence-electron chi connectivity index (χ0n) is 9.72. The maximum absolute atomic E-state index is 9.04. The minimum absolute atomic E-state index is 0. The van der Waals surface area contributed by atoms with Crippen LogP contribution in [0.3, 0.4) is 0 Å². The number of rotatable bonds is 2. The first-order valence-electron chi connectivity index (χ1n) is 5.19. The maximum atomic E-state index is 9.04. The van der Waals surface area contributed by atoms with Crippen LogP contribution >= 0.6 is 0 Å². The Bertz CT molecular complexity index is 564. The minimum Gasteiger partial charge on any atom is -0.373 e. The first-order chi connectivity index (χ1) is 7.74. The molecule has 1 radical (unpaired) electrons. The third-order valence-corrected chi connectivity index (χ3v) is 2.55. The molecule has 0 bridgehead atoms. The molecule has 0 saturated carbocycles. The van der Waals surface area contributed by atoms with Crippen LogP contribution < -0.4 is 0 Å². The fraction of sp³-hybridized carbons (Fsp3) is 0.143. The summed E-state index contributed by atoms with van der Waals surface area (Å²) in [4.78, 5) is 3.33. The molecule has 0 spiro atoms. The number of hydrogen-bond acceptors (Lipinski definition) is 0. The van der Waals surface area contributed by atoms with E-state index in [4.69, 9.17) is 5.53 Å². The van der Waals surface area contributed by atoms with Crippen molar-refractivity contribution in [3.05, 3.63) is 60.5 Å². The standard InChI is InChI=1S/C14H12N2.Y/c1-10(2)14(16-15)13-9-5-7-11-6-3-4-8-12(11)13;/h3-8,10H,1H2,2H3;/q-2;. The number of nitrogens with zero attached hydrogens (tertiary/aromatic N) is 2. The summed E-state index contributed by atoms with van der Waals surface area (Å²) in [6.07, 6.45) is 0. The molecule has 17 heavy (non-hydrogen) atoms. The summed E-state index contributed by atoms with van der Waals surface area (Å²) in [5.41, 5.74) is 10.4. The number of benzene rings is 2. The van der Waals surface area contributed by atoms with Crippen LogP contribution in [0.2, 0.25) is 0 Å². The predicted molar refractivity (Wildman–Crippen MR) is 65.0 cm³/mol. The summed E-state index contributed by atoms with van der Waals surface area (Å²) < 4.78 is 0. The Morgan fingerprint density at radius 3 is 2.71 bits per heavy atom. The number of hydrogen-bond donors (Lipinski definition) is 0. The van der Waals surface area contributed by atoms with Gasteiger partial charge < -0.3 is 12.5 Å². The van der Waals surface area contributed by atoms with Crippen LogP contribution in [0.5, 0.6) is 0 Å². The van der Waals surface area contributed by atoms with Gasteiger partial charge in [-0.15, -0.1) is 29.5 Å². The Hall–Kier alpha value is -0.816. The topological polar surface area (TPSA) is 36.4 Å². The summed E-state index contributed by atoms with van der Waals surface area (Å²) in [5.74, 6) is -0.0768. The van der Waals surface area contributed by atoms with Gasteiger partial charge in [-0.05, 0) is 0 Å². The van der Waals surface area contributed by atoms with Crippen molar-refractivity contribution in [1.82, 2.24) is 0 Å². The van der Waals surface area contributed by atoms with Gasteiger partial charge in [0.05, 0.1) is 0 Å². The van der Waals surface area contributed by atoms with E-state index in [0.29, 0.717) is 5.71 Å². The average molecular weight is 297 g/mol. The van der Waals surface area contributed by atoms with Gasteiger partial charge in [0.2, 0.25) is 0 Å². The molecule has 2 rings (SSSR count). The zero-order chi connectivity index (χ0) is 11.5. The van der Waals surface area contributed by atoms with E-state index in [1.54, 1.807) is 0 Å². The molecule has 0 aliphatic heterocycles. The van der Waals surface area contributed by atoms with E-state index in [2.05, 4.69) is 17.8 Å². The van der Waals surface area contributed by atoms with E-state index >= 15 is 0 Å². The van der Waals surface area contributed by atoms with Crippen LogP contribution in [0.15, 0.2) is 36.4 Å². The summed E-state index contributed by atoms with van der Waals surface area (Å²) in [6.45, 7) is 5.78. The molecule has 0 aliphatic rings. The van der Waals surface area contributed by atoms with Gasteiger partial charge in [-0.1, -0.05) is 42.1 Å². The van der Waals surface area contributed by atoms with Gasteiger partial charge in [-0.2, -0.15) is 0 Å². The first kappa shape index (κ1) is 14.2.